The Morgan fingerprint density at radius 3 is 2.96 bits per heavy atom. The largest absolute Gasteiger partial charge is 0.283 e. The van der Waals surface area contributed by atoms with Crippen LogP contribution in [0.5, 0.6) is 0 Å². The molecule has 0 radical (unpaired) electrons. The fourth-order valence-corrected chi connectivity index (χ4v) is 7.64. The van der Waals surface area contributed by atoms with E-state index in [-0.39, 0.29) is 0 Å². The second kappa shape index (κ2) is 6.03. The van der Waals surface area contributed by atoms with Crippen LogP contribution in [0, 0.1) is 5.92 Å². The number of fused-ring (bicyclic) bond motifs is 3. The predicted molar refractivity (Wildman–Crippen MR) is 103 cm³/mol. The summed E-state index contributed by atoms with van der Waals surface area (Å²) in [5.74, 6) is 0.830. The Labute approximate surface area is 151 Å². The number of allylic oxidation sites excluding steroid dienone is 5. The average Bonchev–Trinajstić information content (AvgIpc) is 3.11. The van der Waals surface area contributed by atoms with E-state index in [1.807, 2.05) is 0 Å². The Kier molecular flexibility index (Phi) is 3.95. The topological polar surface area (TPSA) is 6.48 Å². The Hall–Kier alpha value is -0.510. The van der Waals surface area contributed by atoms with Gasteiger partial charge in [0.05, 0.1) is 6.17 Å². The quantitative estimate of drug-likeness (QED) is 0.645. The fraction of sp³-hybridized carbons (Fsp3) is 0.714. The van der Waals surface area contributed by atoms with Crippen molar-refractivity contribution in [3.8, 4) is 0 Å². The summed E-state index contributed by atoms with van der Waals surface area (Å²) in [6, 6.07) is 2.18. The van der Waals surface area contributed by atoms with Gasteiger partial charge in [0, 0.05) is 23.4 Å². The molecule has 24 heavy (non-hydrogen) atoms. The van der Waals surface area contributed by atoms with E-state index in [9.17, 15) is 0 Å². The van der Waals surface area contributed by atoms with E-state index in [0.717, 1.165) is 23.3 Å². The van der Waals surface area contributed by atoms with Crippen molar-refractivity contribution in [2.24, 2.45) is 5.92 Å². The van der Waals surface area contributed by atoms with Crippen LogP contribution in [-0.2, 0) is 0 Å². The second-order valence-electron chi connectivity index (χ2n) is 8.36. The van der Waals surface area contributed by atoms with Crippen molar-refractivity contribution in [1.82, 2.24) is 9.80 Å². The van der Waals surface area contributed by atoms with Crippen LogP contribution in [0.25, 0.3) is 0 Å². The molecule has 2 aliphatic heterocycles. The molecule has 0 aromatic heterocycles. The lowest BCUT2D eigenvalue weighted by Gasteiger charge is -2.42. The molecule has 1 saturated carbocycles. The van der Waals surface area contributed by atoms with Crippen molar-refractivity contribution < 1.29 is 0 Å². The lowest BCUT2D eigenvalue weighted by atomic mass is 9.78. The maximum atomic E-state index is 2.92. The first kappa shape index (κ1) is 15.7. The van der Waals surface area contributed by atoms with E-state index >= 15 is 0 Å². The van der Waals surface area contributed by atoms with E-state index in [4.69, 9.17) is 0 Å². The SMILES string of the molecule is CC1N(C)C2C=CCCC2N1C1CCC2SC3=C(C=CCC3)C2C1. The van der Waals surface area contributed by atoms with E-state index < -0.39 is 0 Å². The van der Waals surface area contributed by atoms with Crippen molar-refractivity contribution in [3.05, 3.63) is 34.8 Å². The van der Waals surface area contributed by atoms with Crippen molar-refractivity contribution in [2.45, 2.75) is 81.4 Å². The summed E-state index contributed by atoms with van der Waals surface area (Å²) in [5.41, 5.74) is 1.72. The molecule has 2 fully saturated rings. The van der Waals surface area contributed by atoms with Crippen LogP contribution < -0.4 is 0 Å². The maximum absolute atomic E-state index is 2.92. The zero-order valence-electron chi connectivity index (χ0n) is 15.0. The maximum Gasteiger partial charge on any atom is 0.0602 e. The van der Waals surface area contributed by atoms with Crippen LogP contribution in [0.2, 0.25) is 0 Å². The van der Waals surface area contributed by atoms with Crippen LogP contribution in [0.1, 0.15) is 51.9 Å². The average molecular weight is 343 g/mol. The molecule has 6 atom stereocenters. The minimum absolute atomic E-state index is 0.591. The number of nitrogens with zero attached hydrogens (tertiary/aromatic N) is 2. The number of likely N-dealkylation sites (N-methyl/N-ethyl adjacent to an activating group) is 1. The number of hydrogen-bond donors (Lipinski definition) is 0. The molecule has 3 aliphatic carbocycles. The van der Waals surface area contributed by atoms with Crippen LogP contribution in [-0.4, -0.2) is 46.4 Å². The van der Waals surface area contributed by atoms with Gasteiger partial charge < -0.3 is 0 Å². The van der Waals surface area contributed by atoms with Crippen LogP contribution in [0.15, 0.2) is 34.8 Å². The first-order chi connectivity index (χ1) is 11.7. The summed E-state index contributed by atoms with van der Waals surface area (Å²) in [5, 5.41) is 0.881. The lowest BCUT2D eigenvalue weighted by Crippen LogP contribution is -2.49. The minimum Gasteiger partial charge on any atom is -0.283 e. The molecule has 0 bridgehead atoms. The molecule has 0 aromatic rings. The molecular formula is C21H30N2S. The van der Waals surface area contributed by atoms with E-state index in [0.29, 0.717) is 12.2 Å². The highest BCUT2D eigenvalue weighted by Crippen LogP contribution is 2.53. The summed E-state index contributed by atoms with van der Waals surface area (Å²) < 4.78 is 0. The van der Waals surface area contributed by atoms with Gasteiger partial charge in [0.25, 0.3) is 0 Å². The molecule has 5 rings (SSSR count). The normalized spacial score (nSPS) is 45.4. The van der Waals surface area contributed by atoms with Crippen molar-refractivity contribution in [1.29, 1.82) is 0 Å². The molecule has 6 unspecified atom stereocenters. The van der Waals surface area contributed by atoms with Gasteiger partial charge in [-0.2, -0.15) is 0 Å². The molecule has 1 saturated heterocycles. The molecule has 5 aliphatic rings. The van der Waals surface area contributed by atoms with Gasteiger partial charge in [0.15, 0.2) is 0 Å². The Balaban J connectivity index is 1.39. The number of rotatable bonds is 1. The van der Waals surface area contributed by atoms with Gasteiger partial charge in [0.2, 0.25) is 0 Å². The Morgan fingerprint density at radius 1 is 1.12 bits per heavy atom. The predicted octanol–water partition coefficient (Wildman–Crippen LogP) is 4.56. The molecule has 2 nitrogen and oxygen atoms in total. The third kappa shape index (κ3) is 2.31. The first-order valence-corrected chi connectivity index (χ1v) is 10.8. The van der Waals surface area contributed by atoms with Gasteiger partial charge in [-0.25, -0.2) is 0 Å². The number of hydrogen-bond acceptors (Lipinski definition) is 3. The van der Waals surface area contributed by atoms with E-state index in [1.54, 1.807) is 10.5 Å². The smallest absolute Gasteiger partial charge is 0.0602 e. The van der Waals surface area contributed by atoms with Crippen LogP contribution in [0.3, 0.4) is 0 Å². The molecule has 2 heterocycles. The molecular weight excluding hydrogens is 312 g/mol. The van der Waals surface area contributed by atoms with Gasteiger partial charge in [-0.3, -0.25) is 9.80 Å². The minimum atomic E-state index is 0.591. The third-order valence-electron chi connectivity index (χ3n) is 7.26. The summed E-state index contributed by atoms with van der Waals surface area (Å²) in [6.07, 6.45) is 19.8. The van der Waals surface area contributed by atoms with Gasteiger partial charge in [-0.05, 0) is 75.3 Å². The summed E-state index contributed by atoms with van der Waals surface area (Å²) in [4.78, 5) is 7.26. The zero-order valence-corrected chi connectivity index (χ0v) is 15.8. The highest BCUT2D eigenvalue weighted by molar-refractivity contribution is 8.04. The zero-order chi connectivity index (χ0) is 16.3. The summed E-state index contributed by atoms with van der Waals surface area (Å²) in [6.45, 7) is 2.44. The van der Waals surface area contributed by atoms with Crippen molar-refractivity contribution >= 4 is 11.8 Å². The first-order valence-electron chi connectivity index (χ1n) is 9.96. The van der Waals surface area contributed by atoms with Crippen LogP contribution >= 0.6 is 11.8 Å². The lowest BCUT2D eigenvalue weighted by molar-refractivity contribution is 0.0672. The van der Waals surface area contributed by atoms with Gasteiger partial charge in [-0.15, -0.1) is 11.8 Å². The number of thioether (sulfide) groups is 1. The Morgan fingerprint density at radius 2 is 2.04 bits per heavy atom. The van der Waals surface area contributed by atoms with Crippen molar-refractivity contribution in [2.75, 3.05) is 7.05 Å². The molecule has 0 aromatic carbocycles. The van der Waals surface area contributed by atoms with Crippen molar-refractivity contribution in [3.63, 3.8) is 0 Å². The summed E-state index contributed by atoms with van der Waals surface area (Å²) >= 11 is 2.24. The standard InChI is InChI=1S/C21H30N2S/c1-14-22(2)18-8-4-5-9-19(18)23(14)15-11-12-21-17(13-15)16-7-3-6-10-20(16)24-21/h3-4,7-8,14-15,17-19,21H,5-6,9-13H2,1-2H3. The van der Waals surface area contributed by atoms with Gasteiger partial charge in [0.1, 0.15) is 0 Å². The summed E-state index contributed by atoms with van der Waals surface area (Å²) in [7, 11) is 2.33. The molecule has 0 amide bonds. The monoisotopic (exact) mass is 342 g/mol. The molecule has 130 valence electrons. The molecule has 0 spiro atoms. The molecule has 3 heteroatoms. The third-order valence-corrected chi connectivity index (χ3v) is 8.85. The molecule has 0 N–H and O–H groups in total. The highest BCUT2D eigenvalue weighted by Gasteiger charge is 2.48. The highest BCUT2D eigenvalue weighted by atomic mass is 32.2. The van der Waals surface area contributed by atoms with E-state index in [2.05, 4.69) is 59.8 Å². The van der Waals surface area contributed by atoms with Crippen LogP contribution in [0.4, 0.5) is 0 Å². The Bertz CT molecular complexity index is 607. The van der Waals surface area contributed by atoms with Gasteiger partial charge >= 0.3 is 0 Å². The van der Waals surface area contributed by atoms with Gasteiger partial charge in [-0.1, -0.05) is 24.3 Å². The fourth-order valence-electron chi connectivity index (χ4n) is 6.01. The van der Waals surface area contributed by atoms with E-state index in [1.165, 1.54) is 44.9 Å². The second-order valence-corrected chi connectivity index (χ2v) is 9.69.